The van der Waals surface area contributed by atoms with Crippen molar-refractivity contribution in [3.8, 4) is 11.5 Å². The van der Waals surface area contributed by atoms with Crippen molar-refractivity contribution in [3.05, 3.63) is 69.8 Å². The van der Waals surface area contributed by atoms with Crippen LogP contribution < -0.4 is 20.1 Å². The number of anilines is 1. The zero-order valence-corrected chi connectivity index (χ0v) is 18.9. The van der Waals surface area contributed by atoms with Crippen molar-refractivity contribution in [3.63, 3.8) is 0 Å². The van der Waals surface area contributed by atoms with Crippen molar-refractivity contribution in [1.82, 2.24) is 15.1 Å². The van der Waals surface area contributed by atoms with Crippen LogP contribution in [0.2, 0.25) is 10.0 Å². The lowest BCUT2D eigenvalue weighted by Crippen LogP contribution is -2.30. The molecule has 0 aliphatic carbocycles. The number of ether oxygens (including phenoxy) is 2. The van der Waals surface area contributed by atoms with Crippen LogP contribution in [-0.2, 0) is 13.0 Å². The maximum absolute atomic E-state index is 6.29. The van der Waals surface area contributed by atoms with Crippen LogP contribution in [0.3, 0.4) is 0 Å². The van der Waals surface area contributed by atoms with E-state index in [-0.39, 0.29) is 0 Å². The third-order valence-corrected chi connectivity index (χ3v) is 5.28. The molecule has 0 amide bonds. The molecule has 2 aromatic carbocycles. The molecular formula is C21H22Cl2N4O2S. The minimum absolute atomic E-state index is 0.445. The molecule has 0 saturated carbocycles. The first-order chi connectivity index (χ1) is 14.5. The number of nitrogens with zero attached hydrogens (tertiary/aromatic N) is 2. The lowest BCUT2D eigenvalue weighted by atomic mass is 10.1. The van der Waals surface area contributed by atoms with Crippen molar-refractivity contribution < 1.29 is 9.47 Å². The molecule has 0 spiro atoms. The molecule has 0 aliphatic rings. The highest BCUT2D eigenvalue weighted by molar-refractivity contribution is 7.80. The second kappa shape index (κ2) is 10.5. The lowest BCUT2D eigenvalue weighted by molar-refractivity contribution is 0.354. The molecular weight excluding hydrogens is 443 g/mol. The fraction of sp³-hybridized carbons (Fsp3) is 0.238. The summed E-state index contributed by atoms with van der Waals surface area (Å²) < 4.78 is 12.3. The molecule has 3 aromatic rings. The Balaban J connectivity index is 1.53. The van der Waals surface area contributed by atoms with Gasteiger partial charge >= 0.3 is 0 Å². The summed E-state index contributed by atoms with van der Waals surface area (Å²) in [5, 5.41) is 12.3. The number of halogens is 2. The minimum atomic E-state index is 0.445. The molecule has 0 saturated heterocycles. The average molecular weight is 465 g/mol. The summed E-state index contributed by atoms with van der Waals surface area (Å²) in [6.07, 6.45) is 2.50. The van der Waals surface area contributed by atoms with Gasteiger partial charge in [-0.3, -0.25) is 4.68 Å². The maximum atomic E-state index is 6.29. The molecule has 9 heteroatoms. The van der Waals surface area contributed by atoms with E-state index in [9.17, 15) is 0 Å². The molecule has 0 fully saturated rings. The Morgan fingerprint density at radius 1 is 1.07 bits per heavy atom. The molecule has 6 nitrogen and oxygen atoms in total. The summed E-state index contributed by atoms with van der Waals surface area (Å²) in [6, 6.07) is 13.4. The monoisotopic (exact) mass is 464 g/mol. The van der Waals surface area contributed by atoms with E-state index in [1.54, 1.807) is 25.1 Å². The number of thiocarbonyl (C=S) groups is 1. The SMILES string of the molecule is COc1ccc(CCNC(=S)Nc2nn(Cc3ccccc3Cl)cc2Cl)cc1OC. The summed E-state index contributed by atoms with van der Waals surface area (Å²) in [4.78, 5) is 0. The van der Waals surface area contributed by atoms with Gasteiger partial charge in [0.1, 0.15) is 5.02 Å². The van der Waals surface area contributed by atoms with Crippen LogP contribution in [0.1, 0.15) is 11.1 Å². The van der Waals surface area contributed by atoms with Gasteiger partial charge in [0, 0.05) is 17.8 Å². The Labute approximate surface area is 191 Å². The van der Waals surface area contributed by atoms with Gasteiger partial charge in [-0.15, -0.1) is 0 Å². The molecule has 3 rings (SSSR count). The first-order valence-corrected chi connectivity index (χ1v) is 10.4. The van der Waals surface area contributed by atoms with Crippen molar-refractivity contribution in [2.75, 3.05) is 26.1 Å². The Bertz CT molecular complexity index is 1030. The number of aromatic nitrogens is 2. The van der Waals surface area contributed by atoms with Crippen LogP contribution in [-0.4, -0.2) is 35.7 Å². The molecule has 1 aromatic heterocycles. The van der Waals surface area contributed by atoms with E-state index in [1.807, 2.05) is 42.5 Å². The van der Waals surface area contributed by atoms with E-state index < -0.39 is 0 Å². The van der Waals surface area contributed by atoms with Crippen LogP contribution in [0.15, 0.2) is 48.7 Å². The lowest BCUT2D eigenvalue weighted by Gasteiger charge is -2.11. The van der Waals surface area contributed by atoms with E-state index in [2.05, 4.69) is 15.7 Å². The van der Waals surface area contributed by atoms with Gasteiger partial charge in [0.05, 0.1) is 20.8 Å². The number of methoxy groups -OCH3 is 2. The van der Waals surface area contributed by atoms with Gasteiger partial charge in [-0.25, -0.2) is 0 Å². The quantitative estimate of drug-likeness (QED) is 0.467. The standard InChI is InChI=1S/C21H22Cl2N4O2S/c1-28-18-8-7-14(11-19(18)29-2)9-10-24-21(30)25-20-17(23)13-27(26-20)12-15-5-3-4-6-16(15)22/h3-8,11,13H,9-10,12H2,1-2H3,(H2,24,25,26,30). The second-order valence-corrected chi connectivity index (χ2v) is 7.66. The van der Waals surface area contributed by atoms with Gasteiger partial charge in [-0.1, -0.05) is 47.5 Å². The fourth-order valence-electron chi connectivity index (χ4n) is 2.87. The fourth-order valence-corrected chi connectivity index (χ4v) is 3.46. The van der Waals surface area contributed by atoms with Gasteiger partial charge < -0.3 is 20.1 Å². The Morgan fingerprint density at radius 2 is 1.83 bits per heavy atom. The third-order valence-electron chi connectivity index (χ3n) is 4.39. The smallest absolute Gasteiger partial charge is 0.173 e. The Morgan fingerprint density at radius 3 is 2.57 bits per heavy atom. The predicted octanol–water partition coefficient (Wildman–Crippen LogP) is 4.78. The maximum Gasteiger partial charge on any atom is 0.173 e. The van der Waals surface area contributed by atoms with Crippen molar-refractivity contribution in [2.24, 2.45) is 0 Å². The molecule has 0 atom stereocenters. The van der Waals surface area contributed by atoms with Gasteiger partial charge in [0.25, 0.3) is 0 Å². The molecule has 0 unspecified atom stereocenters. The highest BCUT2D eigenvalue weighted by atomic mass is 35.5. The van der Waals surface area contributed by atoms with E-state index in [0.717, 1.165) is 17.5 Å². The molecule has 1 heterocycles. The van der Waals surface area contributed by atoms with Gasteiger partial charge in [-0.05, 0) is 48.0 Å². The van der Waals surface area contributed by atoms with E-state index in [1.165, 1.54) is 0 Å². The largest absolute Gasteiger partial charge is 0.493 e. The topological polar surface area (TPSA) is 60.3 Å². The highest BCUT2D eigenvalue weighted by Crippen LogP contribution is 2.27. The van der Waals surface area contributed by atoms with Crippen LogP contribution in [0.25, 0.3) is 0 Å². The van der Waals surface area contributed by atoms with Gasteiger partial charge in [-0.2, -0.15) is 5.10 Å². The molecule has 30 heavy (non-hydrogen) atoms. The first kappa shape index (κ1) is 22.2. The molecule has 2 N–H and O–H groups in total. The number of nitrogens with one attached hydrogen (secondary N) is 2. The summed E-state index contributed by atoms with van der Waals surface area (Å²) in [5.74, 6) is 1.90. The number of benzene rings is 2. The zero-order valence-electron chi connectivity index (χ0n) is 16.6. The second-order valence-electron chi connectivity index (χ2n) is 6.43. The van der Waals surface area contributed by atoms with Gasteiger partial charge in [0.15, 0.2) is 22.4 Å². The van der Waals surface area contributed by atoms with Crippen LogP contribution in [0, 0.1) is 0 Å². The Hall–Kier alpha value is -2.48. The predicted molar refractivity (Wildman–Crippen MR) is 125 cm³/mol. The first-order valence-electron chi connectivity index (χ1n) is 9.22. The highest BCUT2D eigenvalue weighted by Gasteiger charge is 2.10. The van der Waals surface area contributed by atoms with Crippen molar-refractivity contribution in [2.45, 2.75) is 13.0 Å². The van der Waals surface area contributed by atoms with E-state index in [4.69, 9.17) is 44.9 Å². The van der Waals surface area contributed by atoms with E-state index >= 15 is 0 Å². The zero-order chi connectivity index (χ0) is 21.5. The minimum Gasteiger partial charge on any atom is -0.493 e. The molecule has 0 bridgehead atoms. The molecule has 0 aliphatic heterocycles. The Kier molecular flexibility index (Phi) is 7.79. The van der Waals surface area contributed by atoms with Crippen molar-refractivity contribution in [1.29, 1.82) is 0 Å². The summed E-state index contributed by atoms with van der Waals surface area (Å²) in [6.45, 7) is 1.15. The number of hydrogen-bond acceptors (Lipinski definition) is 4. The van der Waals surface area contributed by atoms with Crippen molar-refractivity contribution >= 4 is 46.4 Å². The van der Waals surface area contributed by atoms with Crippen LogP contribution in [0.5, 0.6) is 11.5 Å². The third kappa shape index (κ3) is 5.78. The average Bonchev–Trinajstić information content (AvgIpc) is 3.08. The van der Waals surface area contributed by atoms with E-state index in [0.29, 0.717) is 45.6 Å². The summed E-state index contributed by atoms with van der Waals surface area (Å²) in [5.41, 5.74) is 2.06. The number of hydrogen-bond donors (Lipinski definition) is 2. The summed E-state index contributed by atoms with van der Waals surface area (Å²) in [7, 11) is 3.23. The van der Waals surface area contributed by atoms with Gasteiger partial charge in [0.2, 0.25) is 0 Å². The molecule has 158 valence electrons. The van der Waals surface area contributed by atoms with Crippen LogP contribution >= 0.6 is 35.4 Å². The molecule has 0 radical (unpaired) electrons. The summed E-state index contributed by atoms with van der Waals surface area (Å²) >= 11 is 17.9. The normalized spacial score (nSPS) is 10.5. The number of rotatable bonds is 8. The van der Waals surface area contributed by atoms with Crippen LogP contribution in [0.4, 0.5) is 5.82 Å².